The van der Waals surface area contributed by atoms with Gasteiger partial charge >= 0.3 is 6.09 Å². The van der Waals surface area contributed by atoms with E-state index in [1.807, 2.05) is 0 Å². The largest absolute Gasteiger partial charge is 0.508 e. The van der Waals surface area contributed by atoms with Crippen molar-refractivity contribution in [2.45, 2.75) is 30.8 Å². The third-order valence-corrected chi connectivity index (χ3v) is 5.06. The Hall–Kier alpha value is -3.07. The van der Waals surface area contributed by atoms with E-state index in [1.165, 1.54) is 24.3 Å². The first-order chi connectivity index (χ1) is 12.5. The zero-order chi connectivity index (χ0) is 18.7. The van der Waals surface area contributed by atoms with Crippen LogP contribution in [0.4, 0.5) is 9.18 Å². The van der Waals surface area contributed by atoms with Crippen LogP contribution in [0.3, 0.4) is 0 Å². The van der Waals surface area contributed by atoms with Gasteiger partial charge < -0.3 is 15.6 Å². The van der Waals surface area contributed by atoms with Crippen molar-refractivity contribution in [1.82, 2.24) is 0 Å². The van der Waals surface area contributed by atoms with Crippen LogP contribution in [0.15, 0.2) is 48.5 Å². The zero-order valence-electron chi connectivity index (χ0n) is 14.1. The molecule has 5 nitrogen and oxygen atoms in total. The van der Waals surface area contributed by atoms with E-state index in [1.54, 1.807) is 24.3 Å². The number of hydrogen-bond acceptors (Lipinski definition) is 4. The van der Waals surface area contributed by atoms with Crippen molar-refractivity contribution in [2.75, 3.05) is 0 Å². The van der Waals surface area contributed by atoms with Crippen LogP contribution in [0.1, 0.15) is 30.4 Å². The van der Waals surface area contributed by atoms with Crippen molar-refractivity contribution < 1.29 is 19.0 Å². The van der Waals surface area contributed by atoms with Crippen LogP contribution in [0.5, 0.6) is 5.75 Å². The average Bonchev–Trinajstić information content (AvgIpc) is 3.05. The van der Waals surface area contributed by atoms with Gasteiger partial charge in [-0.2, -0.15) is 5.26 Å². The third-order valence-electron chi connectivity index (χ3n) is 5.06. The molecule has 0 aliphatic heterocycles. The lowest BCUT2D eigenvalue weighted by Gasteiger charge is -2.36. The summed E-state index contributed by atoms with van der Waals surface area (Å²) >= 11 is 0. The highest BCUT2D eigenvalue weighted by atomic mass is 19.1. The standard InChI is InChI=1S/C20H19FN2O3/c21-15-4-1-3-14(11-15)20(12-22,13-7-9-16(24)10-8-13)17-5-2-6-18(17)26-19(23)25/h1,3-4,7-11,17-18,24H,2,5-6H2,(H2,23,25)/t17-,18-,20?/m0/s1. The van der Waals surface area contributed by atoms with Gasteiger partial charge in [0.1, 0.15) is 23.1 Å². The number of halogens is 1. The smallest absolute Gasteiger partial charge is 0.404 e. The van der Waals surface area contributed by atoms with E-state index in [9.17, 15) is 19.6 Å². The Morgan fingerprint density at radius 2 is 1.96 bits per heavy atom. The molecule has 0 bridgehead atoms. The van der Waals surface area contributed by atoms with Gasteiger partial charge in [0.15, 0.2) is 0 Å². The minimum Gasteiger partial charge on any atom is -0.508 e. The minimum atomic E-state index is -1.23. The molecule has 0 saturated heterocycles. The molecule has 3 atom stereocenters. The topological polar surface area (TPSA) is 96.3 Å². The van der Waals surface area contributed by atoms with Crippen molar-refractivity contribution >= 4 is 6.09 Å². The normalized spacial score (nSPS) is 21.5. The average molecular weight is 354 g/mol. The molecule has 0 radical (unpaired) electrons. The van der Waals surface area contributed by atoms with Gasteiger partial charge in [0, 0.05) is 5.92 Å². The number of carbonyl (C=O) groups is 1. The first kappa shape index (κ1) is 17.7. The number of carbonyl (C=O) groups excluding carboxylic acids is 1. The van der Waals surface area contributed by atoms with Gasteiger partial charge in [0.05, 0.1) is 6.07 Å². The van der Waals surface area contributed by atoms with Crippen molar-refractivity contribution in [3.63, 3.8) is 0 Å². The number of aromatic hydroxyl groups is 1. The number of hydrogen-bond donors (Lipinski definition) is 2. The number of rotatable bonds is 4. The van der Waals surface area contributed by atoms with Gasteiger partial charge in [-0.1, -0.05) is 24.3 Å². The number of primary amides is 1. The summed E-state index contributed by atoms with van der Waals surface area (Å²) in [7, 11) is 0. The van der Waals surface area contributed by atoms with E-state index in [2.05, 4.69) is 6.07 Å². The van der Waals surface area contributed by atoms with Crippen LogP contribution in [-0.2, 0) is 10.2 Å². The molecule has 1 unspecified atom stereocenters. The molecule has 0 spiro atoms. The van der Waals surface area contributed by atoms with E-state index >= 15 is 0 Å². The highest BCUT2D eigenvalue weighted by molar-refractivity contribution is 5.65. The fourth-order valence-corrected chi connectivity index (χ4v) is 3.98. The number of phenols is 1. The summed E-state index contributed by atoms with van der Waals surface area (Å²) in [6.45, 7) is 0. The highest BCUT2D eigenvalue weighted by Crippen LogP contribution is 2.48. The van der Waals surface area contributed by atoms with Crippen LogP contribution < -0.4 is 5.73 Å². The maximum Gasteiger partial charge on any atom is 0.404 e. The summed E-state index contributed by atoms with van der Waals surface area (Å²) < 4.78 is 19.2. The predicted octanol–water partition coefficient (Wildman–Crippen LogP) is 3.60. The third kappa shape index (κ3) is 3.08. The number of nitriles is 1. The van der Waals surface area contributed by atoms with Crippen molar-refractivity contribution in [3.8, 4) is 11.8 Å². The number of amides is 1. The summed E-state index contributed by atoms with van der Waals surface area (Å²) in [5.41, 5.74) is 5.06. The lowest BCUT2D eigenvalue weighted by Crippen LogP contribution is -2.41. The van der Waals surface area contributed by atoms with Gasteiger partial charge in [0.25, 0.3) is 0 Å². The molecular formula is C20H19FN2O3. The van der Waals surface area contributed by atoms with Gasteiger partial charge in [-0.15, -0.1) is 0 Å². The summed E-state index contributed by atoms with van der Waals surface area (Å²) in [6.07, 6.45) is 0.551. The highest BCUT2D eigenvalue weighted by Gasteiger charge is 2.49. The van der Waals surface area contributed by atoms with Crippen molar-refractivity contribution in [3.05, 3.63) is 65.5 Å². The van der Waals surface area contributed by atoms with Crippen molar-refractivity contribution in [1.29, 1.82) is 5.26 Å². The molecule has 0 aromatic heterocycles. The van der Waals surface area contributed by atoms with Gasteiger partial charge in [0.2, 0.25) is 0 Å². The minimum absolute atomic E-state index is 0.0659. The second-order valence-corrected chi connectivity index (χ2v) is 6.49. The van der Waals surface area contributed by atoms with E-state index in [4.69, 9.17) is 10.5 Å². The zero-order valence-corrected chi connectivity index (χ0v) is 14.1. The second kappa shape index (κ2) is 7.04. The van der Waals surface area contributed by atoms with Gasteiger partial charge in [-0.3, -0.25) is 0 Å². The fourth-order valence-electron chi connectivity index (χ4n) is 3.98. The number of phenolic OH excluding ortho intramolecular Hbond substituents is 1. The van der Waals surface area contributed by atoms with Crippen LogP contribution in [-0.4, -0.2) is 17.3 Å². The molecule has 6 heteroatoms. The van der Waals surface area contributed by atoms with E-state index in [0.29, 0.717) is 24.0 Å². The van der Waals surface area contributed by atoms with Crippen LogP contribution >= 0.6 is 0 Å². The maximum absolute atomic E-state index is 14.0. The molecule has 1 fully saturated rings. The number of nitrogens with zero attached hydrogens (tertiary/aromatic N) is 1. The number of benzene rings is 2. The van der Waals surface area contributed by atoms with Crippen LogP contribution in [0.2, 0.25) is 0 Å². The molecular weight excluding hydrogens is 335 g/mol. The summed E-state index contributed by atoms with van der Waals surface area (Å²) in [4.78, 5) is 11.3. The Kier molecular flexibility index (Phi) is 4.81. The van der Waals surface area contributed by atoms with Crippen LogP contribution in [0.25, 0.3) is 0 Å². The summed E-state index contributed by atoms with van der Waals surface area (Å²) in [5, 5.41) is 19.9. The Morgan fingerprint density at radius 3 is 2.58 bits per heavy atom. The molecule has 1 amide bonds. The monoisotopic (exact) mass is 354 g/mol. The Morgan fingerprint density at radius 1 is 1.23 bits per heavy atom. The van der Waals surface area contributed by atoms with E-state index < -0.39 is 23.4 Å². The summed E-state index contributed by atoms with van der Waals surface area (Å²) in [5.74, 6) is -0.770. The number of nitrogens with two attached hydrogens (primary N) is 1. The lowest BCUT2D eigenvalue weighted by molar-refractivity contribution is 0.0701. The second-order valence-electron chi connectivity index (χ2n) is 6.49. The quantitative estimate of drug-likeness (QED) is 0.876. The molecule has 0 heterocycles. The lowest BCUT2D eigenvalue weighted by atomic mass is 9.65. The Labute approximate surface area is 150 Å². The first-order valence-corrected chi connectivity index (χ1v) is 8.40. The number of ether oxygens (including phenoxy) is 1. The maximum atomic E-state index is 14.0. The molecule has 3 N–H and O–H groups in total. The molecule has 3 rings (SSSR count). The molecule has 1 saturated carbocycles. The Bertz CT molecular complexity index is 847. The molecule has 2 aromatic rings. The Balaban J connectivity index is 2.19. The fraction of sp³-hybridized carbons (Fsp3) is 0.300. The molecule has 2 aromatic carbocycles. The van der Waals surface area contributed by atoms with Gasteiger partial charge in [-0.05, 0) is 54.7 Å². The predicted molar refractivity (Wildman–Crippen MR) is 92.7 cm³/mol. The SMILES string of the molecule is N#CC(c1ccc(O)cc1)(c1cccc(F)c1)[C@H]1CCC[C@@H]1OC(N)=O. The van der Waals surface area contributed by atoms with E-state index in [0.717, 1.165) is 6.42 Å². The molecule has 134 valence electrons. The molecule has 26 heavy (non-hydrogen) atoms. The van der Waals surface area contributed by atoms with E-state index in [-0.39, 0.29) is 11.7 Å². The molecule has 1 aliphatic rings. The van der Waals surface area contributed by atoms with Crippen LogP contribution in [0, 0.1) is 23.1 Å². The first-order valence-electron chi connectivity index (χ1n) is 8.40. The summed E-state index contributed by atoms with van der Waals surface area (Å²) in [6, 6.07) is 14.5. The molecule has 1 aliphatic carbocycles. The van der Waals surface area contributed by atoms with Gasteiger partial charge in [-0.25, -0.2) is 9.18 Å². The van der Waals surface area contributed by atoms with Crippen molar-refractivity contribution in [2.24, 2.45) is 11.7 Å².